The van der Waals surface area contributed by atoms with E-state index in [0.717, 1.165) is 5.56 Å². The minimum Gasteiger partial charge on any atom is -0.396 e. The first kappa shape index (κ1) is 13.2. The Kier molecular flexibility index (Phi) is 4.46. The van der Waals surface area contributed by atoms with Crippen molar-refractivity contribution in [1.82, 2.24) is 0 Å². The van der Waals surface area contributed by atoms with Gasteiger partial charge in [0, 0.05) is 18.9 Å². The van der Waals surface area contributed by atoms with Gasteiger partial charge >= 0.3 is 0 Å². The van der Waals surface area contributed by atoms with Gasteiger partial charge in [-0.2, -0.15) is 0 Å². The summed E-state index contributed by atoms with van der Waals surface area (Å²) in [6.07, 6.45) is 2.51. The number of sulfone groups is 1. The molecule has 0 amide bonds. The second-order valence-corrected chi connectivity index (χ2v) is 5.83. The molecule has 0 radical (unpaired) electrons. The van der Waals surface area contributed by atoms with Gasteiger partial charge in [-0.1, -0.05) is 12.1 Å². The molecule has 3 N–H and O–H groups in total. The van der Waals surface area contributed by atoms with Gasteiger partial charge in [-0.05, 0) is 30.5 Å². The lowest BCUT2D eigenvalue weighted by molar-refractivity contribution is 0.280. The molecule has 1 rings (SSSR count). The van der Waals surface area contributed by atoms with Crippen molar-refractivity contribution < 1.29 is 13.5 Å². The highest BCUT2D eigenvalue weighted by atomic mass is 32.2. The van der Waals surface area contributed by atoms with Crippen LogP contribution in [0.3, 0.4) is 0 Å². The number of aliphatic hydroxyl groups excluding tert-OH is 1. The molecule has 0 aromatic heterocycles. The molecule has 0 saturated heterocycles. The third-order valence-electron chi connectivity index (χ3n) is 2.41. The Bertz CT molecular complexity index is 425. The van der Waals surface area contributed by atoms with Gasteiger partial charge in [0.05, 0.1) is 4.90 Å². The van der Waals surface area contributed by atoms with Crippen molar-refractivity contribution in [3.63, 3.8) is 0 Å². The summed E-state index contributed by atoms with van der Waals surface area (Å²) in [5.41, 5.74) is 6.77. The Labute approximate surface area is 96.0 Å². The average molecular weight is 243 g/mol. The zero-order valence-corrected chi connectivity index (χ0v) is 10.1. The lowest BCUT2D eigenvalue weighted by atomic mass is 10.0. The standard InChI is InChI=1S/C11H17NO3S/c1-16(14,15)10-6-4-9(5-7-10)11(12)3-2-8-13/h4-7,11,13H,2-3,8,12H2,1H3/t11-/m1/s1. The molecule has 16 heavy (non-hydrogen) atoms. The van der Waals surface area contributed by atoms with Crippen LogP contribution in [0.2, 0.25) is 0 Å². The van der Waals surface area contributed by atoms with Gasteiger partial charge in [-0.3, -0.25) is 0 Å². The van der Waals surface area contributed by atoms with Crippen LogP contribution in [0.15, 0.2) is 29.2 Å². The van der Waals surface area contributed by atoms with Crippen molar-refractivity contribution in [1.29, 1.82) is 0 Å². The fraction of sp³-hybridized carbons (Fsp3) is 0.455. The zero-order chi connectivity index (χ0) is 12.2. The highest BCUT2D eigenvalue weighted by Crippen LogP contribution is 2.18. The summed E-state index contributed by atoms with van der Waals surface area (Å²) < 4.78 is 22.4. The largest absolute Gasteiger partial charge is 0.396 e. The summed E-state index contributed by atoms with van der Waals surface area (Å²) in [6.45, 7) is 0.120. The smallest absolute Gasteiger partial charge is 0.175 e. The maximum absolute atomic E-state index is 11.2. The molecular formula is C11H17NO3S. The molecule has 0 spiro atoms. The molecule has 0 heterocycles. The minimum absolute atomic E-state index is 0.120. The number of hydrogen-bond donors (Lipinski definition) is 2. The summed E-state index contributed by atoms with van der Waals surface area (Å²) in [4.78, 5) is 0.297. The van der Waals surface area contributed by atoms with Crippen LogP contribution in [0, 0.1) is 0 Å². The molecule has 0 aliphatic rings. The quantitative estimate of drug-likeness (QED) is 0.804. The monoisotopic (exact) mass is 243 g/mol. The molecule has 1 aromatic rings. The average Bonchev–Trinajstić information content (AvgIpc) is 2.25. The third-order valence-corrected chi connectivity index (χ3v) is 3.54. The second-order valence-electron chi connectivity index (χ2n) is 3.81. The maximum atomic E-state index is 11.2. The third kappa shape index (κ3) is 3.59. The van der Waals surface area contributed by atoms with E-state index in [9.17, 15) is 8.42 Å². The molecule has 0 aliphatic heterocycles. The fourth-order valence-corrected chi connectivity index (χ4v) is 2.07. The van der Waals surface area contributed by atoms with Crippen LogP contribution in [0.25, 0.3) is 0 Å². The Morgan fingerprint density at radius 2 is 1.88 bits per heavy atom. The van der Waals surface area contributed by atoms with Crippen molar-refractivity contribution in [3.05, 3.63) is 29.8 Å². The molecule has 1 atom stereocenters. The number of hydrogen-bond acceptors (Lipinski definition) is 4. The Morgan fingerprint density at radius 3 is 2.31 bits per heavy atom. The van der Waals surface area contributed by atoms with Crippen LogP contribution in [-0.4, -0.2) is 26.4 Å². The number of rotatable bonds is 5. The van der Waals surface area contributed by atoms with Gasteiger partial charge in [-0.25, -0.2) is 8.42 Å². The predicted octanol–water partition coefficient (Wildman–Crippen LogP) is 0.862. The van der Waals surface area contributed by atoms with Gasteiger partial charge in [0.1, 0.15) is 0 Å². The van der Waals surface area contributed by atoms with Gasteiger partial charge in [0.25, 0.3) is 0 Å². The first-order valence-electron chi connectivity index (χ1n) is 5.11. The normalized spacial score (nSPS) is 13.7. The van der Waals surface area contributed by atoms with E-state index >= 15 is 0 Å². The molecule has 1 aromatic carbocycles. The van der Waals surface area contributed by atoms with Gasteiger partial charge in [-0.15, -0.1) is 0 Å². The molecule has 0 bridgehead atoms. The predicted molar refractivity (Wildman–Crippen MR) is 62.8 cm³/mol. The van der Waals surface area contributed by atoms with Crippen molar-refractivity contribution in [2.45, 2.75) is 23.8 Å². The first-order chi connectivity index (χ1) is 7.45. The van der Waals surface area contributed by atoms with E-state index in [1.807, 2.05) is 0 Å². The van der Waals surface area contributed by atoms with E-state index in [2.05, 4.69) is 0 Å². The number of benzene rings is 1. The summed E-state index contributed by atoms with van der Waals surface area (Å²) in [6, 6.07) is 6.41. The zero-order valence-electron chi connectivity index (χ0n) is 9.26. The molecular weight excluding hydrogens is 226 g/mol. The molecule has 5 heteroatoms. The molecule has 0 saturated carbocycles. The summed E-state index contributed by atoms with van der Waals surface area (Å²) in [5.74, 6) is 0. The van der Waals surface area contributed by atoms with Crippen LogP contribution in [0.1, 0.15) is 24.4 Å². The maximum Gasteiger partial charge on any atom is 0.175 e. The Morgan fingerprint density at radius 1 is 1.31 bits per heavy atom. The van der Waals surface area contributed by atoms with E-state index in [0.29, 0.717) is 17.7 Å². The lowest BCUT2D eigenvalue weighted by Gasteiger charge is -2.11. The summed E-state index contributed by atoms with van der Waals surface area (Å²) >= 11 is 0. The lowest BCUT2D eigenvalue weighted by Crippen LogP contribution is -2.11. The Hall–Kier alpha value is -0.910. The summed E-state index contributed by atoms with van der Waals surface area (Å²) in [5, 5.41) is 8.68. The highest BCUT2D eigenvalue weighted by molar-refractivity contribution is 7.90. The van der Waals surface area contributed by atoms with Crippen molar-refractivity contribution in [3.8, 4) is 0 Å². The highest BCUT2D eigenvalue weighted by Gasteiger charge is 2.09. The van der Waals surface area contributed by atoms with Crippen LogP contribution in [0.5, 0.6) is 0 Å². The summed E-state index contributed by atoms with van der Waals surface area (Å²) in [7, 11) is -3.14. The van der Waals surface area contributed by atoms with E-state index < -0.39 is 9.84 Å². The minimum atomic E-state index is -3.14. The van der Waals surface area contributed by atoms with Gasteiger partial charge < -0.3 is 10.8 Å². The van der Waals surface area contributed by atoms with Crippen molar-refractivity contribution in [2.75, 3.05) is 12.9 Å². The topological polar surface area (TPSA) is 80.4 Å². The van der Waals surface area contributed by atoms with Crippen LogP contribution in [-0.2, 0) is 9.84 Å². The van der Waals surface area contributed by atoms with Gasteiger partial charge in [0.2, 0.25) is 0 Å². The molecule has 0 fully saturated rings. The number of aliphatic hydroxyl groups is 1. The van der Waals surface area contributed by atoms with E-state index in [1.54, 1.807) is 24.3 Å². The fourth-order valence-electron chi connectivity index (χ4n) is 1.44. The molecule has 0 unspecified atom stereocenters. The first-order valence-corrected chi connectivity index (χ1v) is 7.00. The van der Waals surface area contributed by atoms with Gasteiger partial charge in [0.15, 0.2) is 9.84 Å². The van der Waals surface area contributed by atoms with E-state index in [1.165, 1.54) is 6.26 Å². The Balaban J connectivity index is 2.79. The van der Waals surface area contributed by atoms with E-state index in [-0.39, 0.29) is 12.6 Å². The van der Waals surface area contributed by atoms with E-state index in [4.69, 9.17) is 10.8 Å². The second kappa shape index (κ2) is 5.43. The number of nitrogens with two attached hydrogens (primary N) is 1. The SMILES string of the molecule is CS(=O)(=O)c1ccc([C@H](N)CCCO)cc1. The van der Waals surface area contributed by atoms with Crippen LogP contribution < -0.4 is 5.73 Å². The van der Waals surface area contributed by atoms with Crippen molar-refractivity contribution >= 4 is 9.84 Å². The van der Waals surface area contributed by atoms with Crippen molar-refractivity contribution in [2.24, 2.45) is 5.73 Å². The molecule has 0 aliphatic carbocycles. The van der Waals surface area contributed by atoms with Crippen LogP contribution >= 0.6 is 0 Å². The molecule has 4 nitrogen and oxygen atoms in total. The molecule has 90 valence electrons. The van der Waals surface area contributed by atoms with Crippen LogP contribution in [0.4, 0.5) is 0 Å².